The van der Waals surface area contributed by atoms with E-state index in [1.807, 2.05) is 0 Å². The second-order valence-electron chi connectivity index (χ2n) is 4.63. The van der Waals surface area contributed by atoms with E-state index in [9.17, 15) is 5.11 Å². The third kappa shape index (κ3) is 1.72. The maximum Gasteiger partial charge on any atom is 0.0688 e. The number of aliphatic hydroxyl groups is 1. The van der Waals surface area contributed by atoms with Crippen LogP contribution in [0.2, 0.25) is 6.32 Å². The Kier molecular flexibility index (Phi) is 2.88. The van der Waals surface area contributed by atoms with Gasteiger partial charge in [0.05, 0.1) is 14.0 Å². The Hall–Kier alpha value is -0.755. The first-order chi connectivity index (χ1) is 7.19. The fraction of sp³-hybridized carbons (Fsp3) is 0.538. The van der Waals surface area contributed by atoms with Crippen molar-refractivity contribution in [3.8, 4) is 0 Å². The Morgan fingerprint density at radius 3 is 2.33 bits per heavy atom. The van der Waals surface area contributed by atoms with Crippen LogP contribution in [0.25, 0.3) is 0 Å². The maximum atomic E-state index is 10.0. The molecule has 2 rings (SSSR count). The lowest BCUT2D eigenvalue weighted by Crippen LogP contribution is -2.45. The summed E-state index contributed by atoms with van der Waals surface area (Å²) in [6.07, 6.45) is 3.29. The molecule has 1 aliphatic carbocycles. The topological polar surface area (TPSA) is 20.2 Å². The number of aryl methyl sites for hydroxylation is 1. The normalized spacial score (nSPS) is 20.7. The molecule has 1 atom stereocenters. The van der Waals surface area contributed by atoms with Gasteiger partial charge in [-0.05, 0) is 25.3 Å². The van der Waals surface area contributed by atoms with E-state index in [2.05, 4.69) is 31.2 Å². The first-order valence-corrected chi connectivity index (χ1v) is 5.64. The van der Waals surface area contributed by atoms with Crippen molar-refractivity contribution in [1.29, 1.82) is 0 Å². The highest BCUT2D eigenvalue weighted by Gasteiger charge is 2.43. The predicted molar refractivity (Wildman–Crippen MR) is 63.3 cm³/mol. The van der Waals surface area contributed by atoms with Gasteiger partial charge < -0.3 is 5.11 Å². The Balaban J connectivity index is 2.30. The third-order valence-corrected chi connectivity index (χ3v) is 3.73. The molecule has 1 fully saturated rings. The summed E-state index contributed by atoms with van der Waals surface area (Å²) in [5.41, 5.74) is 2.45. The van der Waals surface area contributed by atoms with Gasteiger partial charge in [-0.25, -0.2) is 0 Å². The van der Waals surface area contributed by atoms with Gasteiger partial charge in [-0.2, -0.15) is 0 Å². The van der Waals surface area contributed by atoms with Crippen LogP contribution in [0.3, 0.4) is 0 Å². The molecule has 0 aromatic heterocycles. The number of hydrogen-bond acceptors (Lipinski definition) is 1. The van der Waals surface area contributed by atoms with Gasteiger partial charge in [0.2, 0.25) is 0 Å². The zero-order valence-corrected chi connectivity index (χ0v) is 9.24. The quantitative estimate of drug-likeness (QED) is 0.742. The molecule has 0 aliphatic heterocycles. The Bertz CT molecular complexity index is 327. The second-order valence-corrected chi connectivity index (χ2v) is 4.63. The molecule has 1 aromatic rings. The van der Waals surface area contributed by atoms with Crippen molar-refractivity contribution < 1.29 is 5.11 Å². The van der Waals surface area contributed by atoms with Gasteiger partial charge >= 0.3 is 0 Å². The molecule has 2 radical (unpaired) electrons. The molecule has 15 heavy (non-hydrogen) atoms. The minimum atomic E-state index is -0.394. The van der Waals surface area contributed by atoms with E-state index < -0.39 is 6.10 Å². The summed E-state index contributed by atoms with van der Waals surface area (Å²) >= 11 is 0. The van der Waals surface area contributed by atoms with Crippen molar-refractivity contribution in [1.82, 2.24) is 0 Å². The molecule has 0 amide bonds. The van der Waals surface area contributed by atoms with Crippen molar-refractivity contribution in [2.45, 2.75) is 44.0 Å². The second kappa shape index (κ2) is 4.01. The van der Waals surface area contributed by atoms with Crippen LogP contribution in [0.15, 0.2) is 24.3 Å². The molecule has 1 N–H and O–H groups in total. The average Bonchev–Trinajstić information content (AvgIpc) is 2.19. The fourth-order valence-electron chi connectivity index (χ4n) is 2.48. The molecule has 0 bridgehead atoms. The van der Waals surface area contributed by atoms with E-state index >= 15 is 0 Å². The predicted octanol–water partition coefficient (Wildman–Crippen LogP) is 2.36. The van der Waals surface area contributed by atoms with Crippen molar-refractivity contribution in [2.75, 3.05) is 0 Å². The van der Waals surface area contributed by atoms with E-state index in [-0.39, 0.29) is 5.41 Å². The average molecular weight is 200 g/mol. The highest BCUT2D eigenvalue weighted by atomic mass is 16.3. The molecule has 2 heteroatoms. The summed E-state index contributed by atoms with van der Waals surface area (Å²) in [4.78, 5) is 0. The van der Waals surface area contributed by atoms with E-state index in [0.717, 1.165) is 12.8 Å². The smallest absolute Gasteiger partial charge is 0.0688 e. The monoisotopic (exact) mass is 200 g/mol. The van der Waals surface area contributed by atoms with Crippen LogP contribution in [0.1, 0.15) is 30.4 Å². The summed E-state index contributed by atoms with van der Waals surface area (Å²) in [5.74, 6) is 0. The minimum absolute atomic E-state index is 0.0531. The zero-order valence-electron chi connectivity index (χ0n) is 9.24. The molecule has 1 saturated carbocycles. The minimum Gasteiger partial charge on any atom is -0.393 e. The van der Waals surface area contributed by atoms with Gasteiger partial charge in [-0.15, -0.1) is 0 Å². The van der Waals surface area contributed by atoms with Crippen molar-refractivity contribution in [3.05, 3.63) is 35.4 Å². The van der Waals surface area contributed by atoms with Gasteiger partial charge in [0.15, 0.2) is 0 Å². The summed E-state index contributed by atoms with van der Waals surface area (Å²) in [6.45, 7) is 2.08. The highest BCUT2D eigenvalue weighted by molar-refractivity contribution is 6.09. The molecular formula is C13H17BO. The Morgan fingerprint density at radius 2 is 1.93 bits per heavy atom. The van der Waals surface area contributed by atoms with E-state index in [1.165, 1.54) is 17.5 Å². The largest absolute Gasteiger partial charge is 0.393 e. The van der Waals surface area contributed by atoms with E-state index in [0.29, 0.717) is 6.32 Å². The molecule has 1 aliphatic rings. The Labute approximate surface area is 92.9 Å². The summed E-state index contributed by atoms with van der Waals surface area (Å²) in [7, 11) is 5.58. The van der Waals surface area contributed by atoms with Crippen molar-refractivity contribution >= 4 is 7.85 Å². The number of rotatable bonds is 3. The number of aliphatic hydroxyl groups excluding tert-OH is 1. The van der Waals surface area contributed by atoms with Crippen molar-refractivity contribution in [2.24, 2.45) is 0 Å². The molecule has 1 aromatic carbocycles. The molecule has 78 valence electrons. The van der Waals surface area contributed by atoms with E-state index in [1.54, 1.807) is 0 Å². The number of benzene rings is 1. The van der Waals surface area contributed by atoms with Gasteiger partial charge in [-0.3, -0.25) is 0 Å². The maximum absolute atomic E-state index is 10.0. The van der Waals surface area contributed by atoms with Crippen LogP contribution >= 0.6 is 0 Å². The van der Waals surface area contributed by atoms with Crippen LogP contribution in [-0.2, 0) is 5.41 Å². The van der Waals surface area contributed by atoms with Crippen LogP contribution < -0.4 is 0 Å². The first kappa shape index (κ1) is 10.8. The van der Waals surface area contributed by atoms with Crippen LogP contribution in [0.4, 0.5) is 0 Å². The lowest BCUT2D eigenvalue weighted by Gasteiger charge is -2.46. The van der Waals surface area contributed by atoms with Gasteiger partial charge in [0.25, 0.3) is 0 Å². The van der Waals surface area contributed by atoms with Crippen LogP contribution in [0.5, 0.6) is 0 Å². The van der Waals surface area contributed by atoms with Crippen molar-refractivity contribution in [3.63, 3.8) is 0 Å². The summed E-state index contributed by atoms with van der Waals surface area (Å²) in [5, 5.41) is 10.0. The first-order valence-electron chi connectivity index (χ1n) is 5.64. The molecule has 0 spiro atoms. The van der Waals surface area contributed by atoms with Crippen LogP contribution in [-0.4, -0.2) is 19.1 Å². The third-order valence-electron chi connectivity index (χ3n) is 3.73. The van der Waals surface area contributed by atoms with Gasteiger partial charge in [0, 0.05) is 5.41 Å². The standard InChI is InChI=1S/C13H17BO/c1-10-3-5-11(6-4-10)13(7-2-8-13)12(15)9-14/h3-6,12,15H,2,7-9H2,1H3/t12-/m1/s1. The SMILES string of the molecule is [B]C[C@@H](O)C1(c2ccc(C)cc2)CCC1. The van der Waals surface area contributed by atoms with E-state index in [4.69, 9.17) is 7.85 Å². The molecule has 0 saturated heterocycles. The fourth-order valence-corrected chi connectivity index (χ4v) is 2.48. The zero-order chi connectivity index (χ0) is 10.9. The Morgan fingerprint density at radius 1 is 1.33 bits per heavy atom. The lowest BCUT2D eigenvalue weighted by atomic mass is 9.59. The van der Waals surface area contributed by atoms with Crippen LogP contribution in [0, 0.1) is 6.92 Å². The molecule has 0 heterocycles. The van der Waals surface area contributed by atoms with Gasteiger partial charge in [0.1, 0.15) is 0 Å². The molecule has 1 nitrogen and oxygen atoms in total. The lowest BCUT2D eigenvalue weighted by molar-refractivity contribution is 0.0425. The molecule has 0 unspecified atom stereocenters. The number of hydrogen-bond donors (Lipinski definition) is 1. The summed E-state index contributed by atoms with van der Waals surface area (Å²) < 4.78 is 0. The summed E-state index contributed by atoms with van der Waals surface area (Å²) in [6, 6.07) is 8.48. The molecular weight excluding hydrogens is 183 g/mol. The highest BCUT2D eigenvalue weighted by Crippen LogP contribution is 2.47. The van der Waals surface area contributed by atoms with Gasteiger partial charge in [-0.1, -0.05) is 42.6 Å².